The maximum atomic E-state index is 12.3. The summed E-state index contributed by atoms with van der Waals surface area (Å²) < 4.78 is 32.2. The highest BCUT2D eigenvalue weighted by atomic mass is 32.2. The molecular formula is C17H24N4O4S3. The van der Waals surface area contributed by atoms with Crippen LogP contribution in [-0.4, -0.2) is 49.7 Å². The van der Waals surface area contributed by atoms with Crippen molar-refractivity contribution in [2.75, 3.05) is 34.8 Å². The van der Waals surface area contributed by atoms with Crippen molar-refractivity contribution >= 4 is 49.8 Å². The summed E-state index contributed by atoms with van der Waals surface area (Å²) in [6, 6.07) is 6.96. The number of para-hydroxylation sites is 2. The fourth-order valence-corrected chi connectivity index (χ4v) is 5.05. The summed E-state index contributed by atoms with van der Waals surface area (Å²) in [5.41, 5.74) is 0.470. The number of sulfonamides is 1. The lowest BCUT2D eigenvalue weighted by Gasteiger charge is -2.24. The molecule has 0 aliphatic rings. The zero-order chi connectivity index (χ0) is 20.6. The summed E-state index contributed by atoms with van der Waals surface area (Å²) in [6.45, 7) is 4.45. The van der Waals surface area contributed by atoms with Crippen LogP contribution < -0.4 is 14.4 Å². The smallest absolute Gasteiger partial charge is 0.232 e. The number of carbonyl (C=O) groups excluding carboxylic acids is 1. The van der Waals surface area contributed by atoms with Gasteiger partial charge in [-0.2, -0.15) is 0 Å². The van der Waals surface area contributed by atoms with Gasteiger partial charge in [0.25, 0.3) is 0 Å². The van der Waals surface area contributed by atoms with Crippen molar-refractivity contribution in [1.82, 2.24) is 10.2 Å². The topological polar surface area (TPSA) is 101 Å². The highest BCUT2D eigenvalue weighted by molar-refractivity contribution is 8.01. The molecule has 8 nitrogen and oxygen atoms in total. The molecule has 11 heteroatoms. The van der Waals surface area contributed by atoms with Crippen molar-refractivity contribution in [3.63, 3.8) is 0 Å². The molecular weight excluding hydrogens is 420 g/mol. The molecule has 0 saturated carbocycles. The summed E-state index contributed by atoms with van der Waals surface area (Å²) in [5.74, 6) is 1.15. The Morgan fingerprint density at radius 1 is 1.29 bits per heavy atom. The second-order valence-electron chi connectivity index (χ2n) is 5.69. The molecule has 0 bridgehead atoms. The van der Waals surface area contributed by atoms with Crippen LogP contribution in [0.2, 0.25) is 0 Å². The van der Waals surface area contributed by atoms with E-state index in [1.807, 2.05) is 13.8 Å². The molecule has 1 aromatic heterocycles. The van der Waals surface area contributed by atoms with Crippen LogP contribution in [0.15, 0.2) is 28.6 Å². The number of hydrogen-bond acceptors (Lipinski definition) is 8. The molecule has 1 heterocycles. The highest BCUT2D eigenvalue weighted by Crippen LogP contribution is 2.30. The molecule has 0 aliphatic heterocycles. The molecule has 0 radical (unpaired) electrons. The van der Waals surface area contributed by atoms with Crippen LogP contribution in [0, 0.1) is 0 Å². The van der Waals surface area contributed by atoms with E-state index in [1.165, 1.54) is 15.6 Å². The Labute approximate surface area is 173 Å². The summed E-state index contributed by atoms with van der Waals surface area (Å²) >= 11 is 2.88. The lowest BCUT2D eigenvalue weighted by atomic mass is 10.2. The zero-order valence-corrected chi connectivity index (χ0v) is 18.5. The number of rotatable bonds is 11. The fourth-order valence-electron chi connectivity index (χ4n) is 2.41. The van der Waals surface area contributed by atoms with Crippen molar-refractivity contribution in [2.24, 2.45) is 0 Å². The molecule has 0 aliphatic carbocycles. The number of amides is 1. The molecule has 154 valence electrons. The van der Waals surface area contributed by atoms with Gasteiger partial charge in [0.15, 0.2) is 4.34 Å². The van der Waals surface area contributed by atoms with E-state index in [4.69, 9.17) is 4.74 Å². The summed E-state index contributed by atoms with van der Waals surface area (Å²) in [5, 5.41) is 11.1. The monoisotopic (exact) mass is 444 g/mol. The van der Waals surface area contributed by atoms with Crippen LogP contribution in [0.25, 0.3) is 0 Å². The first-order valence-corrected chi connectivity index (χ1v) is 12.5. The third-order valence-electron chi connectivity index (χ3n) is 3.52. The predicted molar refractivity (Wildman–Crippen MR) is 114 cm³/mol. The van der Waals surface area contributed by atoms with E-state index in [0.717, 1.165) is 16.3 Å². The van der Waals surface area contributed by atoms with Gasteiger partial charge in [0.1, 0.15) is 5.75 Å². The minimum Gasteiger partial charge on any atom is -0.492 e. The number of nitrogens with zero attached hydrogens (tertiary/aromatic N) is 3. The number of anilines is 2. The first-order chi connectivity index (χ1) is 13.3. The molecule has 0 fully saturated rings. The van der Waals surface area contributed by atoms with Gasteiger partial charge in [-0.3, -0.25) is 9.10 Å². The van der Waals surface area contributed by atoms with Gasteiger partial charge in [-0.1, -0.05) is 42.2 Å². The van der Waals surface area contributed by atoms with Crippen LogP contribution >= 0.6 is 23.1 Å². The standard InChI is InChI=1S/C17H24N4O4S3/c1-4-25-14-10-7-6-9-13(14)21(28(3,23)24)12-8-11-15(22)18-16-19-20-17(27-16)26-5-2/h6-7,9-10H,4-5,8,11-12H2,1-3H3,(H,18,19,22). The van der Waals surface area contributed by atoms with E-state index in [0.29, 0.717) is 29.6 Å². The minimum atomic E-state index is -3.52. The molecule has 28 heavy (non-hydrogen) atoms. The lowest BCUT2D eigenvalue weighted by Crippen LogP contribution is -2.31. The maximum Gasteiger partial charge on any atom is 0.232 e. The largest absolute Gasteiger partial charge is 0.492 e. The lowest BCUT2D eigenvalue weighted by molar-refractivity contribution is -0.116. The molecule has 0 spiro atoms. The van der Waals surface area contributed by atoms with Crippen LogP contribution in [-0.2, 0) is 14.8 Å². The number of hydrogen-bond donors (Lipinski definition) is 1. The minimum absolute atomic E-state index is 0.165. The van der Waals surface area contributed by atoms with Gasteiger partial charge in [-0.05, 0) is 31.2 Å². The summed E-state index contributed by atoms with van der Waals surface area (Å²) in [4.78, 5) is 12.1. The van der Waals surface area contributed by atoms with Crippen molar-refractivity contribution in [2.45, 2.75) is 31.0 Å². The molecule has 1 amide bonds. The van der Waals surface area contributed by atoms with Gasteiger partial charge < -0.3 is 10.1 Å². The van der Waals surface area contributed by atoms with E-state index in [2.05, 4.69) is 15.5 Å². The fraction of sp³-hybridized carbons (Fsp3) is 0.471. The van der Waals surface area contributed by atoms with Crippen molar-refractivity contribution in [3.05, 3.63) is 24.3 Å². The number of carbonyl (C=O) groups is 1. The van der Waals surface area contributed by atoms with Gasteiger partial charge in [0.05, 0.1) is 18.6 Å². The highest BCUT2D eigenvalue weighted by Gasteiger charge is 2.21. The molecule has 0 unspecified atom stereocenters. The van der Waals surface area contributed by atoms with Crippen LogP contribution in [0.5, 0.6) is 5.75 Å². The Balaban J connectivity index is 1.98. The van der Waals surface area contributed by atoms with Crippen LogP contribution in [0.4, 0.5) is 10.8 Å². The maximum absolute atomic E-state index is 12.3. The number of aromatic nitrogens is 2. The van der Waals surface area contributed by atoms with E-state index >= 15 is 0 Å². The normalized spacial score (nSPS) is 11.2. The third kappa shape index (κ3) is 6.64. The molecule has 1 aromatic carbocycles. The number of thioether (sulfide) groups is 1. The molecule has 0 atom stereocenters. The third-order valence-corrected chi connectivity index (χ3v) is 6.55. The molecule has 2 rings (SSSR count). The second kappa shape index (κ2) is 10.6. The predicted octanol–water partition coefficient (Wildman–Crippen LogP) is 3.23. The Morgan fingerprint density at radius 2 is 2.04 bits per heavy atom. The van der Waals surface area contributed by atoms with Crippen molar-refractivity contribution in [3.8, 4) is 5.75 Å². The van der Waals surface area contributed by atoms with Crippen LogP contribution in [0.3, 0.4) is 0 Å². The average molecular weight is 445 g/mol. The Morgan fingerprint density at radius 3 is 2.71 bits per heavy atom. The second-order valence-corrected chi connectivity index (χ2v) is 10.1. The van der Waals surface area contributed by atoms with Gasteiger partial charge in [0, 0.05) is 13.0 Å². The Hall–Kier alpha value is -1.85. The Kier molecular flexibility index (Phi) is 8.52. The zero-order valence-electron chi connectivity index (χ0n) is 16.0. The molecule has 1 N–H and O–H groups in total. The van der Waals surface area contributed by atoms with Gasteiger partial charge in [0.2, 0.25) is 21.1 Å². The first-order valence-electron chi connectivity index (χ1n) is 8.80. The van der Waals surface area contributed by atoms with Crippen molar-refractivity contribution in [1.29, 1.82) is 0 Å². The van der Waals surface area contributed by atoms with E-state index in [9.17, 15) is 13.2 Å². The number of nitrogens with one attached hydrogen (secondary N) is 1. The molecule has 0 saturated heterocycles. The SMILES string of the molecule is CCOc1ccccc1N(CCCC(=O)Nc1nnc(SCC)s1)S(C)(=O)=O. The summed E-state index contributed by atoms with van der Waals surface area (Å²) in [7, 11) is -3.52. The summed E-state index contributed by atoms with van der Waals surface area (Å²) in [6.07, 6.45) is 1.66. The van der Waals surface area contributed by atoms with E-state index in [-0.39, 0.29) is 18.9 Å². The van der Waals surface area contributed by atoms with Crippen molar-refractivity contribution < 1.29 is 17.9 Å². The quantitative estimate of drug-likeness (QED) is 0.419. The number of ether oxygens (including phenoxy) is 1. The van der Waals surface area contributed by atoms with E-state index in [1.54, 1.807) is 36.0 Å². The van der Waals surface area contributed by atoms with Gasteiger partial charge >= 0.3 is 0 Å². The van der Waals surface area contributed by atoms with Gasteiger partial charge in [-0.15, -0.1) is 10.2 Å². The van der Waals surface area contributed by atoms with E-state index < -0.39 is 10.0 Å². The first kappa shape index (κ1) is 22.4. The average Bonchev–Trinajstić information content (AvgIpc) is 3.06. The number of benzene rings is 1. The van der Waals surface area contributed by atoms with Gasteiger partial charge in [-0.25, -0.2) is 8.42 Å². The molecule has 2 aromatic rings. The Bertz CT molecular complexity index is 886. The van der Waals surface area contributed by atoms with Crippen LogP contribution in [0.1, 0.15) is 26.7 Å².